The number of esters is 1. The van der Waals surface area contributed by atoms with E-state index >= 15 is 0 Å². The molecule has 1 aromatic carbocycles. The van der Waals surface area contributed by atoms with Crippen LogP contribution in [0, 0.1) is 0 Å². The standard InChI is InChI=1S/C15H20O5S/c1-2-20-14(18)8-7-12(16)10-3-5-11(6-4-10)15(19)13(17)9-21/h3-6,13,15,17,19,21H,2,7-9H2,1H3. The zero-order chi connectivity index (χ0) is 15.8. The fourth-order valence-electron chi connectivity index (χ4n) is 1.78. The van der Waals surface area contributed by atoms with E-state index in [9.17, 15) is 19.8 Å². The molecule has 0 radical (unpaired) electrons. The number of hydrogen-bond acceptors (Lipinski definition) is 6. The molecule has 0 saturated heterocycles. The molecule has 5 nitrogen and oxygen atoms in total. The quantitative estimate of drug-likeness (QED) is 0.385. The second-order valence-corrected chi connectivity index (χ2v) is 4.91. The minimum atomic E-state index is -1.04. The minimum Gasteiger partial charge on any atom is -0.466 e. The molecular formula is C15H20O5S. The van der Waals surface area contributed by atoms with E-state index in [2.05, 4.69) is 12.6 Å². The van der Waals surface area contributed by atoms with Crippen LogP contribution in [0.4, 0.5) is 0 Å². The third-order valence-electron chi connectivity index (χ3n) is 2.99. The van der Waals surface area contributed by atoms with Crippen LogP contribution in [0.5, 0.6) is 0 Å². The van der Waals surface area contributed by atoms with Gasteiger partial charge in [0, 0.05) is 17.7 Å². The van der Waals surface area contributed by atoms with E-state index < -0.39 is 18.2 Å². The Morgan fingerprint density at radius 3 is 2.33 bits per heavy atom. The summed E-state index contributed by atoms with van der Waals surface area (Å²) >= 11 is 3.91. The van der Waals surface area contributed by atoms with Crippen molar-refractivity contribution in [3.63, 3.8) is 0 Å². The second-order valence-electron chi connectivity index (χ2n) is 4.54. The van der Waals surface area contributed by atoms with Gasteiger partial charge in [-0.15, -0.1) is 0 Å². The lowest BCUT2D eigenvalue weighted by Gasteiger charge is -2.16. The molecule has 2 atom stereocenters. The molecular weight excluding hydrogens is 292 g/mol. The van der Waals surface area contributed by atoms with Crippen molar-refractivity contribution in [3.8, 4) is 0 Å². The van der Waals surface area contributed by atoms with Gasteiger partial charge in [-0.1, -0.05) is 24.3 Å². The minimum absolute atomic E-state index is 0.0510. The summed E-state index contributed by atoms with van der Waals surface area (Å²) in [7, 11) is 0. The van der Waals surface area contributed by atoms with E-state index in [4.69, 9.17) is 4.74 Å². The highest BCUT2D eigenvalue weighted by Gasteiger charge is 2.17. The first-order valence-electron chi connectivity index (χ1n) is 6.75. The van der Waals surface area contributed by atoms with E-state index in [1.807, 2.05) is 0 Å². The van der Waals surface area contributed by atoms with Crippen LogP contribution in [-0.4, -0.2) is 40.4 Å². The van der Waals surface area contributed by atoms with Gasteiger partial charge in [0.25, 0.3) is 0 Å². The van der Waals surface area contributed by atoms with E-state index in [-0.39, 0.29) is 24.4 Å². The van der Waals surface area contributed by atoms with E-state index in [1.165, 1.54) is 0 Å². The number of rotatable bonds is 8. The zero-order valence-electron chi connectivity index (χ0n) is 11.9. The van der Waals surface area contributed by atoms with Crippen LogP contribution >= 0.6 is 12.6 Å². The third-order valence-corrected chi connectivity index (χ3v) is 3.36. The summed E-state index contributed by atoms with van der Waals surface area (Å²) in [5.41, 5.74) is 0.967. The van der Waals surface area contributed by atoms with Gasteiger partial charge in [-0.25, -0.2) is 0 Å². The molecule has 116 valence electrons. The fourth-order valence-corrected chi connectivity index (χ4v) is 1.98. The van der Waals surface area contributed by atoms with Crippen molar-refractivity contribution in [2.24, 2.45) is 0 Å². The number of ketones is 1. The summed E-state index contributed by atoms with van der Waals surface area (Å²) in [4.78, 5) is 23.1. The first kappa shape index (κ1) is 17.7. The van der Waals surface area contributed by atoms with Crippen LogP contribution < -0.4 is 0 Å². The summed E-state index contributed by atoms with van der Waals surface area (Å²) in [6.07, 6.45) is -1.86. The van der Waals surface area contributed by atoms with E-state index in [1.54, 1.807) is 31.2 Å². The Balaban J connectivity index is 2.61. The molecule has 0 spiro atoms. The van der Waals surface area contributed by atoms with Crippen LogP contribution in [0.15, 0.2) is 24.3 Å². The molecule has 1 aromatic rings. The Labute approximate surface area is 129 Å². The lowest BCUT2D eigenvalue weighted by atomic mass is 10.0. The van der Waals surface area contributed by atoms with Crippen LogP contribution in [0.25, 0.3) is 0 Å². The number of carbonyl (C=O) groups excluding carboxylic acids is 2. The summed E-state index contributed by atoms with van der Waals surface area (Å²) in [6.45, 7) is 2.01. The number of ether oxygens (including phenoxy) is 1. The maximum absolute atomic E-state index is 11.9. The predicted octanol–water partition coefficient (Wildman–Crippen LogP) is 1.54. The molecule has 2 N–H and O–H groups in total. The average molecular weight is 312 g/mol. The zero-order valence-corrected chi connectivity index (χ0v) is 12.8. The first-order chi connectivity index (χ1) is 9.99. The van der Waals surface area contributed by atoms with Crippen molar-refractivity contribution in [3.05, 3.63) is 35.4 Å². The van der Waals surface area contributed by atoms with Crippen molar-refractivity contribution < 1.29 is 24.5 Å². The lowest BCUT2D eigenvalue weighted by Crippen LogP contribution is -2.19. The molecule has 1 rings (SSSR count). The molecule has 0 aliphatic rings. The predicted molar refractivity (Wildman–Crippen MR) is 81.5 cm³/mol. The average Bonchev–Trinajstić information content (AvgIpc) is 2.51. The lowest BCUT2D eigenvalue weighted by molar-refractivity contribution is -0.143. The van der Waals surface area contributed by atoms with Crippen molar-refractivity contribution in [2.75, 3.05) is 12.4 Å². The van der Waals surface area contributed by atoms with E-state index in [0.717, 1.165) is 0 Å². The van der Waals surface area contributed by atoms with Crippen molar-refractivity contribution in [1.82, 2.24) is 0 Å². The SMILES string of the molecule is CCOC(=O)CCC(=O)c1ccc(C(O)C(O)CS)cc1. The van der Waals surface area contributed by atoms with Crippen LogP contribution in [0.3, 0.4) is 0 Å². The highest BCUT2D eigenvalue weighted by atomic mass is 32.1. The molecule has 2 unspecified atom stereocenters. The Morgan fingerprint density at radius 2 is 1.81 bits per heavy atom. The Bertz CT molecular complexity index is 471. The molecule has 0 aromatic heterocycles. The van der Waals surface area contributed by atoms with E-state index in [0.29, 0.717) is 17.7 Å². The fraction of sp³-hybridized carbons (Fsp3) is 0.467. The molecule has 6 heteroatoms. The summed E-state index contributed by atoms with van der Waals surface area (Å²) in [5, 5.41) is 19.3. The topological polar surface area (TPSA) is 83.8 Å². The van der Waals surface area contributed by atoms with Gasteiger partial charge in [0.2, 0.25) is 0 Å². The number of benzene rings is 1. The van der Waals surface area contributed by atoms with Crippen molar-refractivity contribution in [1.29, 1.82) is 0 Å². The molecule has 0 aliphatic heterocycles. The largest absolute Gasteiger partial charge is 0.466 e. The number of thiol groups is 1. The third kappa shape index (κ3) is 5.49. The highest BCUT2D eigenvalue weighted by molar-refractivity contribution is 7.80. The van der Waals surface area contributed by atoms with Crippen molar-refractivity contribution in [2.45, 2.75) is 32.0 Å². The summed E-state index contributed by atoms with van der Waals surface area (Å²) in [5.74, 6) is -0.421. The van der Waals surface area contributed by atoms with Gasteiger partial charge >= 0.3 is 5.97 Å². The molecule has 21 heavy (non-hydrogen) atoms. The van der Waals surface area contributed by atoms with Gasteiger partial charge < -0.3 is 14.9 Å². The smallest absolute Gasteiger partial charge is 0.306 e. The van der Waals surface area contributed by atoms with Crippen LogP contribution in [0.2, 0.25) is 0 Å². The van der Waals surface area contributed by atoms with Gasteiger partial charge in [0.1, 0.15) is 6.10 Å². The molecule has 0 fully saturated rings. The number of aliphatic hydroxyl groups excluding tert-OH is 2. The number of carbonyl (C=O) groups is 2. The van der Waals surface area contributed by atoms with Crippen molar-refractivity contribution >= 4 is 24.4 Å². The normalized spacial score (nSPS) is 13.5. The monoisotopic (exact) mass is 312 g/mol. The molecule has 0 saturated carbocycles. The maximum atomic E-state index is 11.9. The molecule has 0 aliphatic carbocycles. The summed E-state index contributed by atoms with van der Waals surface area (Å²) in [6, 6.07) is 6.29. The van der Waals surface area contributed by atoms with Crippen LogP contribution in [0.1, 0.15) is 41.8 Å². The van der Waals surface area contributed by atoms with Gasteiger partial charge in [0.05, 0.1) is 19.1 Å². The second kappa shape index (κ2) is 8.81. The Kier molecular flexibility index (Phi) is 7.42. The number of Topliss-reactive ketones (excluding diaryl/α,β-unsaturated/α-hetero) is 1. The van der Waals surface area contributed by atoms with Gasteiger partial charge in [0.15, 0.2) is 5.78 Å². The highest BCUT2D eigenvalue weighted by Crippen LogP contribution is 2.19. The van der Waals surface area contributed by atoms with Gasteiger partial charge in [-0.3, -0.25) is 9.59 Å². The Morgan fingerprint density at radius 1 is 1.19 bits per heavy atom. The number of hydrogen-bond donors (Lipinski definition) is 3. The molecule has 0 bridgehead atoms. The van der Waals surface area contributed by atoms with Gasteiger partial charge in [-0.2, -0.15) is 12.6 Å². The molecule has 0 heterocycles. The maximum Gasteiger partial charge on any atom is 0.306 e. The van der Waals surface area contributed by atoms with Gasteiger partial charge in [-0.05, 0) is 12.5 Å². The summed E-state index contributed by atoms with van der Waals surface area (Å²) < 4.78 is 4.76. The first-order valence-corrected chi connectivity index (χ1v) is 7.38. The number of aliphatic hydroxyl groups is 2. The van der Waals surface area contributed by atoms with Crippen LogP contribution in [-0.2, 0) is 9.53 Å². The molecule has 0 amide bonds. The Hall–Kier alpha value is -1.37.